The largest absolute Gasteiger partial charge is 0.673 e. The summed E-state index contributed by atoms with van der Waals surface area (Å²) in [7, 11) is -6.00. The lowest BCUT2D eigenvalue weighted by Crippen LogP contribution is -2.32. The highest BCUT2D eigenvalue weighted by molar-refractivity contribution is 6.50. The number of hydrogen-bond donors (Lipinski definition) is 0. The molecule has 0 fully saturated rings. The summed E-state index contributed by atoms with van der Waals surface area (Å²) in [4.78, 5) is 0. The van der Waals surface area contributed by atoms with Gasteiger partial charge in [-0.2, -0.15) is 0 Å². The zero-order valence-corrected chi connectivity index (χ0v) is 16.0. The summed E-state index contributed by atoms with van der Waals surface area (Å²) in [5.41, 5.74) is 6.38. The molecule has 2 atom stereocenters. The lowest BCUT2D eigenvalue weighted by Gasteiger charge is -2.22. The van der Waals surface area contributed by atoms with E-state index in [2.05, 4.69) is 67.2 Å². The van der Waals surface area contributed by atoms with Gasteiger partial charge in [-0.15, -0.1) is 4.68 Å². The Labute approximate surface area is 165 Å². The predicted molar refractivity (Wildman–Crippen MR) is 100 cm³/mol. The fourth-order valence-corrected chi connectivity index (χ4v) is 4.13. The van der Waals surface area contributed by atoms with Gasteiger partial charge in [0.2, 0.25) is 0 Å². The van der Waals surface area contributed by atoms with Crippen molar-refractivity contribution < 1.29 is 26.7 Å². The molecule has 0 saturated heterocycles. The number of aromatic nitrogens is 3. The van der Waals surface area contributed by atoms with E-state index in [0.717, 1.165) is 17.9 Å². The van der Waals surface area contributed by atoms with Gasteiger partial charge in [-0.25, -0.2) is 4.57 Å². The van der Waals surface area contributed by atoms with Gasteiger partial charge in [0.25, 0.3) is 12.2 Å². The lowest BCUT2D eigenvalue weighted by atomic mass is 10.1. The summed E-state index contributed by atoms with van der Waals surface area (Å²) < 4.78 is 49.4. The Morgan fingerprint density at radius 1 is 1.07 bits per heavy atom. The van der Waals surface area contributed by atoms with Crippen LogP contribution in [-0.4, -0.2) is 23.0 Å². The van der Waals surface area contributed by atoms with Crippen molar-refractivity contribution in [2.24, 2.45) is 0 Å². The van der Waals surface area contributed by atoms with Crippen molar-refractivity contribution in [2.75, 3.05) is 0 Å². The summed E-state index contributed by atoms with van der Waals surface area (Å²) in [6.07, 6.45) is 3.34. The topological polar surface area (TPSA) is 30.9 Å². The molecule has 0 unspecified atom stereocenters. The molecule has 1 aliphatic heterocycles. The first-order chi connectivity index (χ1) is 13.7. The molecule has 1 aromatic heterocycles. The normalized spacial score (nSPS) is 19.7. The van der Waals surface area contributed by atoms with Gasteiger partial charge in [-0.3, -0.25) is 0 Å². The highest BCUT2D eigenvalue weighted by atomic mass is 19.5. The van der Waals surface area contributed by atoms with E-state index >= 15 is 0 Å². The van der Waals surface area contributed by atoms with Crippen LogP contribution in [0.2, 0.25) is 0 Å². The number of benzene rings is 2. The van der Waals surface area contributed by atoms with E-state index in [1.54, 1.807) is 0 Å². The molecule has 9 heteroatoms. The van der Waals surface area contributed by atoms with Gasteiger partial charge in [-0.1, -0.05) is 30.3 Å². The second-order valence-corrected chi connectivity index (χ2v) is 7.42. The maximum atomic E-state index is 9.75. The van der Waals surface area contributed by atoms with Crippen molar-refractivity contribution in [2.45, 2.75) is 39.0 Å². The molecular formula is C20H20BF4N3O. The highest BCUT2D eigenvalue weighted by Gasteiger charge is 2.43. The summed E-state index contributed by atoms with van der Waals surface area (Å²) in [5.74, 6) is 0.993. The molecule has 5 rings (SSSR count). The molecule has 3 aromatic rings. The van der Waals surface area contributed by atoms with Crippen LogP contribution in [0, 0.1) is 13.8 Å². The number of ether oxygens (including phenoxy) is 1. The molecule has 2 aromatic carbocycles. The van der Waals surface area contributed by atoms with Crippen molar-refractivity contribution in [3.05, 3.63) is 76.9 Å². The van der Waals surface area contributed by atoms with Crippen LogP contribution in [0.1, 0.15) is 34.1 Å². The Kier molecular flexibility index (Phi) is 4.94. The number of nitrogens with zero attached hydrogens (tertiary/aromatic N) is 3. The predicted octanol–water partition coefficient (Wildman–Crippen LogP) is 4.12. The van der Waals surface area contributed by atoms with Crippen LogP contribution >= 0.6 is 0 Å². The van der Waals surface area contributed by atoms with Crippen molar-refractivity contribution in [1.29, 1.82) is 0 Å². The molecule has 0 bridgehead atoms. The van der Waals surface area contributed by atoms with Crippen molar-refractivity contribution in [1.82, 2.24) is 9.67 Å². The van der Waals surface area contributed by atoms with Crippen molar-refractivity contribution in [3.8, 4) is 5.69 Å². The molecule has 2 heterocycles. The Balaban J connectivity index is 0.000000369. The second kappa shape index (κ2) is 7.29. The van der Waals surface area contributed by atoms with Gasteiger partial charge in [0.05, 0.1) is 0 Å². The highest BCUT2D eigenvalue weighted by Crippen LogP contribution is 2.39. The van der Waals surface area contributed by atoms with E-state index in [-0.39, 0.29) is 12.1 Å². The van der Waals surface area contributed by atoms with Crippen LogP contribution < -0.4 is 4.68 Å². The van der Waals surface area contributed by atoms with E-state index < -0.39 is 7.25 Å². The van der Waals surface area contributed by atoms with Crippen LogP contribution in [0.3, 0.4) is 0 Å². The van der Waals surface area contributed by atoms with Crippen LogP contribution in [0.4, 0.5) is 17.3 Å². The van der Waals surface area contributed by atoms with Crippen LogP contribution in [0.5, 0.6) is 0 Å². The third-order valence-corrected chi connectivity index (χ3v) is 5.10. The Morgan fingerprint density at radius 3 is 2.41 bits per heavy atom. The summed E-state index contributed by atoms with van der Waals surface area (Å²) in [5, 5.41) is 4.79. The minimum atomic E-state index is -6.00. The number of fused-ring (bicyclic) bond motifs is 5. The quantitative estimate of drug-likeness (QED) is 0.347. The molecule has 0 N–H and O–H groups in total. The third-order valence-electron chi connectivity index (χ3n) is 5.10. The first kappa shape index (κ1) is 19.6. The zero-order valence-electron chi connectivity index (χ0n) is 16.0. The standard InChI is InChI=1S/C20H20N3O.BF4/c1-13-7-14(2)9-16(8-13)23-12-22-19(21-23)11-24-18-10-15-5-3-4-6-17(15)20(18)22;2-1(3,4)5/h3-9,12,18,20H,10-11H2,1-2H3;/q+1;-1/t18-,20+;/m0./s1. The van der Waals surface area contributed by atoms with Crippen molar-refractivity contribution >= 4 is 7.25 Å². The smallest absolute Gasteiger partial charge is 0.418 e. The van der Waals surface area contributed by atoms with E-state index in [9.17, 15) is 17.3 Å². The molecule has 1 aliphatic carbocycles. The third kappa shape index (κ3) is 4.19. The van der Waals surface area contributed by atoms with Crippen LogP contribution in [-0.2, 0) is 17.8 Å². The molecule has 29 heavy (non-hydrogen) atoms. The fourth-order valence-electron chi connectivity index (χ4n) is 4.13. The number of halogens is 4. The number of hydrogen-bond acceptors (Lipinski definition) is 2. The zero-order chi connectivity index (χ0) is 20.8. The molecule has 0 spiro atoms. The Hall–Kier alpha value is -2.68. The average Bonchev–Trinajstić information content (AvgIpc) is 3.20. The van der Waals surface area contributed by atoms with Gasteiger partial charge in [0, 0.05) is 12.0 Å². The average molecular weight is 405 g/mol. The van der Waals surface area contributed by atoms with Gasteiger partial charge >= 0.3 is 7.25 Å². The van der Waals surface area contributed by atoms with Crippen molar-refractivity contribution in [3.63, 3.8) is 0 Å². The summed E-state index contributed by atoms with van der Waals surface area (Å²) in [6.45, 7) is 4.83. The van der Waals surface area contributed by atoms with Gasteiger partial charge < -0.3 is 22.0 Å². The molecule has 4 nitrogen and oxygen atoms in total. The fraction of sp³-hybridized carbons (Fsp3) is 0.300. The molecule has 0 amide bonds. The maximum Gasteiger partial charge on any atom is 0.673 e. The van der Waals surface area contributed by atoms with E-state index in [0.29, 0.717) is 6.61 Å². The monoisotopic (exact) mass is 405 g/mol. The molecular weight excluding hydrogens is 385 g/mol. The van der Waals surface area contributed by atoms with Gasteiger partial charge in [-0.05, 0) is 47.8 Å². The first-order valence-corrected chi connectivity index (χ1v) is 9.34. The SMILES string of the molecule is Cc1cc(C)cc(-[n+]2cn3c(n2)CO[C@H]2Cc4ccccc4[C@H]23)c1.F[B-](F)(F)F. The van der Waals surface area contributed by atoms with Crippen LogP contribution in [0.25, 0.3) is 5.69 Å². The van der Waals surface area contributed by atoms with E-state index in [1.807, 2.05) is 4.68 Å². The molecule has 152 valence electrons. The molecule has 0 saturated carbocycles. The number of rotatable bonds is 1. The maximum absolute atomic E-state index is 9.75. The minimum absolute atomic E-state index is 0.219. The second-order valence-electron chi connectivity index (χ2n) is 7.42. The first-order valence-electron chi connectivity index (χ1n) is 9.34. The summed E-state index contributed by atoms with van der Waals surface area (Å²) in [6, 6.07) is 15.4. The Morgan fingerprint density at radius 2 is 1.72 bits per heavy atom. The van der Waals surface area contributed by atoms with E-state index in [4.69, 9.17) is 9.84 Å². The van der Waals surface area contributed by atoms with Gasteiger partial charge in [0.15, 0.2) is 11.7 Å². The molecule has 0 radical (unpaired) electrons. The summed E-state index contributed by atoms with van der Waals surface area (Å²) >= 11 is 0. The lowest BCUT2D eigenvalue weighted by molar-refractivity contribution is -0.658. The number of aryl methyl sites for hydroxylation is 2. The van der Waals surface area contributed by atoms with E-state index in [1.165, 1.54) is 22.3 Å². The molecule has 2 aliphatic rings. The van der Waals surface area contributed by atoms with Gasteiger partial charge in [0.1, 0.15) is 12.7 Å². The Bertz CT molecular complexity index is 1020. The minimum Gasteiger partial charge on any atom is -0.418 e. The van der Waals surface area contributed by atoms with Crippen LogP contribution in [0.15, 0.2) is 48.8 Å².